The predicted molar refractivity (Wildman–Crippen MR) is 61.4 cm³/mol. The minimum absolute atomic E-state index is 0.503. The van der Waals surface area contributed by atoms with Gasteiger partial charge < -0.3 is 5.32 Å². The molecule has 0 amide bonds. The molecule has 1 N–H and O–H groups in total. The van der Waals surface area contributed by atoms with Crippen LogP contribution in [0.25, 0.3) is 0 Å². The van der Waals surface area contributed by atoms with E-state index in [1.54, 1.807) is 0 Å². The molecule has 0 aliphatic heterocycles. The molecule has 0 bridgehead atoms. The van der Waals surface area contributed by atoms with Crippen LogP contribution in [0.3, 0.4) is 0 Å². The van der Waals surface area contributed by atoms with Crippen molar-refractivity contribution in [3.05, 3.63) is 37.1 Å². The van der Waals surface area contributed by atoms with Crippen LogP contribution in [-0.2, 0) is 0 Å². The van der Waals surface area contributed by atoms with Gasteiger partial charge in [-0.2, -0.15) is 0 Å². The van der Waals surface area contributed by atoms with Crippen LogP contribution in [0.1, 0.15) is 26.2 Å². The fourth-order valence-corrected chi connectivity index (χ4v) is 1.35. The van der Waals surface area contributed by atoms with E-state index in [0.29, 0.717) is 6.04 Å². The van der Waals surface area contributed by atoms with Crippen molar-refractivity contribution in [3.8, 4) is 0 Å². The maximum absolute atomic E-state index is 4.24. The molecule has 0 spiro atoms. The van der Waals surface area contributed by atoms with Gasteiger partial charge >= 0.3 is 0 Å². The second kappa shape index (κ2) is 6.19. The Labute approximate surface area is 86.1 Å². The lowest BCUT2D eigenvalue weighted by Gasteiger charge is -2.16. The second-order valence-corrected chi connectivity index (χ2v) is 3.33. The molecule has 0 fully saturated rings. The number of aromatic nitrogens is 1. The summed E-state index contributed by atoms with van der Waals surface area (Å²) in [6, 6.07) is 6.42. The van der Waals surface area contributed by atoms with Crippen LogP contribution in [0, 0.1) is 0 Å². The van der Waals surface area contributed by atoms with E-state index in [0.717, 1.165) is 25.1 Å². The smallest absolute Gasteiger partial charge is 0.126 e. The highest BCUT2D eigenvalue weighted by molar-refractivity contribution is 5.34. The van der Waals surface area contributed by atoms with Crippen molar-refractivity contribution in [2.75, 3.05) is 5.32 Å². The van der Waals surface area contributed by atoms with Crippen molar-refractivity contribution in [1.82, 2.24) is 4.98 Å². The van der Waals surface area contributed by atoms with Gasteiger partial charge in [-0.25, -0.2) is 4.98 Å². The van der Waals surface area contributed by atoms with Crippen LogP contribution in [0.15, 0.2) is 37.1 Å². The number of hydrogen-bond donors (Lipinski definition) is 1. The fourth-order valence-electron chi connectivity index (χ4n) is 1.35. The van der Waals surface area contributed by atoms with Crippen molar-refractivity contribution in [3.63, 3.8) is 0 Å². The van der Waals surface area contributed by atoms with Crippen molar-refractivity contribution in [2.45, 2.75) is 32.2 Å². The van der Waals surface area contributed by atoms with E-state index in [4.69, 9.17) is 0 Å². The van der Waals surface area contributed by atoms with Crippen molar-refractivity contribution < 1.29 is 0 Å². The summed E-state index contributed by atoms with van der Waals surface area (Å²) in [7, 11) is 0. The molecule has 0 radical (unpaired) electrons. The molecule has 14 heavy (non-hydrogen) atoms. The Morgan fingerprint density at radius 2 is 2.43 bits per heavy atom. The average Bonchev–Trinajstić information content (AvgIpc) is 2.25. The Bertz CT molecular complexity index is 256. The van der Waals surface area contributed by atoms with Gasteiger partial charge in [0.15, 0.2) is 0 Å². The van der Waals surface area contributed by atoms with Crippen LogP contribution >= 0.6 is 0 Å². The van der Waals surface area contributed by atoms with Crippen molar-refractivity contribution >= 4 is 5.82 Å². The van der Waals surface area contributed by atoms with Crippen LogP contribution in [-0.4, -0.2) is 11.0 Å². The lowest BCUT2D eigenvalue weighted by atomic mass is 10.1. The van der Waals surface area contributed by atoms with E-state index in [1.807, 2.05) is 30.5 Å². The normalized spacial score (nSPS) is 12.1. The molecule has 1 aromatic heterocycles. The third-order valence-electron chi connectivity index (χ3n) is 2.23. The summed E-state index contributed by atoms with van der Waals surface area (Å²) in [5.74, 6) is 0.961. The first kappa shape index (κ1) is 10.8. The number of rotatable bonds is 6. The molecule has 1 heterocycles. The minimum atomic E-state index is 0.503. The van der Waals surface area contributed by atoms with Crippen LogP contribution < -0.4 is 5.32 Å². The summed E-state index contributed by atoms with van der Waals surface area (Å²) in [4.78, 5) is 4.24. The molecule has 1 unspecified atom stereocenters. The standard InChI is InChI=1S/C12H18N2/c1-3-5-8-11(4-2)14-12-9-6-7-10-13-12/h3,6-7,9-11H,1,4-5,8H2,2H3,(H,13,14). The number of hydrogen-bond acceptors (Lipinski definition) is 2. The number of nitrogens with one attached hydrogen (secondary N) is 1. The minimum Gasteiger partial charge on any atom is -0.367 e. The van der Waals surface area contributed by atoms with Gasteiger partial charge in [0.1, 0.15) is 5.82 Å². The quantitative estimate of drug-likeness (QED) is 0.696. The van der Waals surface area contributed by atoms with E-state index in [9.17, 15) is 0 Å². The molecule has 76 valence electrons. The number of anilines is 1. The molecule has 2 heteroatoms. The highest BCUT2D eigenvalue weighted by Crippen LogP contribution is 2.09. The Kier molecular flexibility index (Phi) is 4.76. The fraction of sp³-hybridized carbons (Fsp3) is 0.417. The third kappa shape index (κ3) is 3.60. The SMILES string of the molecule is C=CCCC(CC)Nc1ccccn1. The van der Waals surface area contributed by atoms with E-state index in [2.05, 4.69) is 23.8 Å². The maximum Gasteiger partial charge on any atom is 0.126 e. The lowest BCUT2D eigenvalue weighted by Crippen LogP contribution is -2.18. The molecule has 0 aliphatic carbocycles. The van der Waals surface area contributed by atoms with Gasteiger partial charge in [-0.05, 0) is 31.4 Å². The molecule has 0 aromatic carbocycles. The summed E-state index contributed by atoms with van der Waals surface area (Å²) < 4.78 is 0. The highest BCUT2D eigenvalue weighted by Gasteiger charge is 2.04. The molecule has 2 nitrogen and oxygen atoms in total. The van der Waals surface area contributed by atoms with Gasteiger partial charge in [0.2, 0.25) is 0 Å². The molecule has 0 saturated heterocycles. The Balaban J connectivity index is 2.44. The van der Waals surface area contributed by atoms with Gasteiger partial charge in [0.05, 0.1) is 0 Å². The molecule has 0 saturated carbocycles. The zero-order valence-corrected chi connectivity index (χ0v) is 8.74. The van der Waals surface area contributed by atoms with E-state index in [1.165, 1.54) is 0 Å². The van der Waals surface area contributed by atoms with Crippen LogP contribution in [0.5, 0.6) is 0 Å². The van der Waals surface area contributed by atoms with E-state index < -0.39 is 0 Å². The van der Waals surface area contributed by atoms with E-state index >= 15 is 0 Å². The number of allylic oxidation sites excluding steroid dienone is 1. The Morgan fingerprint density at radius 1 is 1.57 bits per heavy atom. The first-order valence-corrected chi connectivity index (χ1v) is 5.15. The van der Waals surface area contributed by atoms with Gasteiger partial charge in [-0.3, -0.25) is 0 Å². The largest absolute Gasteiger partial charge is 0.367 e. The summed E-state index contributed by atoms with van der Waals surface area (Å²) in [5.41, 5.74) is 0. The Hall–Kier alpha value is -1.31. The number of pyridine rings is 1. The summed E-state index contributed by atoms with van der Waals surface area (Å²) in [6.45, 7) is 5.91. The summed E-state index contributed by atoms with van der Waals surface area (Å²) in [6.07, 6.45) is 7.06. The predicted octanol–water partition coefficient (Wildman–Crippen LogP) is 3.24. The van der Waals surface area contributed by atoms with Crippen LogP contribution in [0.2, 0.25) is 0 Å². The average molecular weight is 190 g/mol. The second-order valence-electron chi connectivity index (χ2n) is 3.33. The van der Waals surface area contributed by atoms with Gasteiger partial charge in [0.25, 0.3) is 0 Å². The lowest BCUT2D eigenvalue weighted by molar-refractivity contribution is 0.639. The zero-order chi connectivity index (χ0) is 10.2. The first-order chi connectivity index (χ1) is 6.86. The summed E-state index contributed by atoms with van der Waals surface area (Å²) in [5, 5.41) is 3.40. The topological polar surface area (TPSA) is 24.9 Å². The maximum atomic E-state index is 4.24. The van der Waals surface area contributed by atoms with Gasteiger partial charge in [0, 0.05) is 12.2 Å². The molecule has 1 rings (SSSR count). The zero-order valence-electron chi connectivity index (χ0n) is 8.74. The van der Waals surface area contributed by atoms with Crippen molar-refractivity contribution in [1.29, 1.82) is 0 Å². The van der Waals surface area contributed by atoms with Crippen molar-refractivity contribution in [2.24, 2.45) is 0 Å². The van der Waals surface area contributed by atoms with E-state index in [-0.39, 0.29) is 0 Å². The molecule has 1 atom stereocenters. The van der Waals surface area contributed by atoms with Gasteiger partial charge in [-0.1, -0.05) is 19.1 Å². The Morgan fingerprint density at radius 3 is 3.00 bits per heavy atom. The molecule has 0 aliphatic rings. The number of nitrogens with zero attached hydrogens (tertiary/aromatic N) is 1. The van der Waals surface area contributed by atoms with Gasteiger partial charge in [-0.15, -0.1) is 6.58 Å². The highest BCUT2D eigenvalue weighted by atomic mass is 15.0. The molecular weight excluding hydrogens is 172 g/mol. The first-order valence-electron chi connectivity index (χ1n) is 5.15. The molecule has 1 aromatic rings. The molecular formula is C12H18N2. The summed E-state index contributed by atoms with van der Waals surface area (Å²) >= 11 is 0. The monoisotopic (exact) mass is 190 g/mol. The third-order valence-corrected chi connectivity index (χ3v) is 2.23. The van der Waals surface area contributed by atoms with Crippen LogP contribution in [0.4, 0.5) is 5.82 Å².